The van der Waals surface area contributed by atoms with Gasteiger partial charge in [0.05, 0.1) is 19.6 Å². The Kier molecular flexibility index (Phi) is 7.36. The molecule has 1 aliphatic heterocycles. The number of ether oxygens (including phenoxy) is 2. The van der Waals surface area contributed by atoms with Crippen molar-refractivity contribution in [3.63, 3.8) is 0 Å². The van der Waals surface area contributed by atoms with Crippen molar-refractivity contribution in [2.45, 2.75) is 32.2 Å². The SMILES string of the molecule is CCOC(=O)N1CCC(NC(=O)CCOc2cccc(Br)c2)CC1. The van der Waals surface area contributed by atoms with Crippen LogP contribution in [0.25, 0.3) is 0 Å². The molecule has 6 nitrogen and oxygen atoms in total. The number of carbonyl (C=O) groups is 2. The molecule has 132 valence electrons. The van der Waals surface area contributed by atoms with Crippen molar-refractivity contribution in [1.82, 2.24) is 10.2 Å². The maximum Gasteiger partial charge on any atom is 0.409 e. The molecule has 0 aliphatic carbocycles. The number of nitrogens with one attached hydrogen (secondary N) is 1. The summed E-state index contributed by atoms with van der Waals surface area (Å²) >= 11 is 3.38. The van der Waals surface area contributed by atoms with Crippen LogP contribution in [0.1, 0.15) is 26.2 Å². The van der Waals surface area contributed by atoms with Crippen molar-refractivity contribution in [1.29, 1.82) is 0 Å². The van der Waals surface area contributed by atoms with Crippen molar-refractivity contribution >= 4 is 27.9 Å². The maximum absolute atomic E-state index is 12.0. The van der Waals surface area contributed by atoms with Gasteiger partial charge in [-0.1, -0.05) is 22.0 Å². The number of nitrogens with zero attached hydrogens (tertiary/aromatic N) is 1. The Hall–Kier alpha value is -1.76. The van der Waals surface area contributed by atoms with E-state index in [1.54, 1.807) is 11.8 Å². The minimum absolute atomic E-state index is 0.0282. The van der Waals surface area contributed by atoms with E-state index in [1.807, 2.05) is 24.3 Å². The summed E-state index contributed by atoms with van der Waals surface area (Å²) in [4.78, 5) is 25.3. The van der Waals surface area contributed by atoms with Gasteiger partial charge in [0, 0.05) is 23.6 Å². The van der Waals surface area contributed by atoms with Crippen molar-refractivity contribution in [3.05, 3.63) is 28.7 Å². The lowest BCUT2D eigenvalue weighted by molar-refractivity contribution is -0.122. The topological polar surface area (TPSA) is 67.9 Å². The smallest absolute Gasteiger partial charge is 0.409 e. The van der Waals surface area contributed by atoms with Crippen LogP contribution < -0.4 is 10.1 Å². The lowest BCUT2D eigenvalue weighted by Crippen LogP contribution is -2.46. The number of amides is 2. The molecule has 1 aromatic rings. The summed E-state index contributed by atoms with van der Waals surface area (Å²) in [6.45, 7) is 3.73. The Morgan fingerprint density at radius 1 is 1.33 bits per heavy atom. The van der Waals surface area contributed by atoms with Crippen molar-refractivity contribution < 1.29 is 19.1 Å². The van der Waals surface area contributed by atoms with E-state index in [0.717, 1.165) is 23.1 Å². The second kappa shape index (κ2) is 9.52. The molecule has 24 heavy (non-hydrogen) atoms. The number of hydrogen-bond donors (Lipinski definition) is 1. The van der Waals surface area contributed by atoms with Gasteiger partial charge in [0.25, 0.3) is 0 Å². The largest absolute Gasteiger partial charge is 0.493 e. The summed E-state index contributed by atoms with van der Waals surface area (Å²) < 4.78 is 11.5. The van der Waals surface area contributed by atoms with E-state index in [0.29, 0.717) is 32.7 Å². The normalized spacial score (nSPS) is 15.0. The Bertz CT molecular complexity index is 559. The van der Waals surface area contributed by atoms with Crippen LogP contribution in [-0.2, 0) is 9.53 Å². The third kappa shape index (κ3) is 6.03. The lowest BCUT2D eigenvalue weighted by atomic mass is 10.1. The quantitative estimate of drug-likeness (QED) is 0.799. The molecule has 0 atom stereocenters. The molecule has 1 aromatic carbocycles. The van der Waals surface area contributed by atoms with Crippen LogP contribution in [0.3, 0.4) is 0 Å². The summed E-state index contributed by atoms with van der Waals surface area (Å²) in [6, 6.07) is 7.63. The number of rotatable bonds is 6. The molecular weight excluding hydrogens is 376 g/mol. The van der Waals surface area contributed by atoms with Gasteiger partial charge in [0.15, 0.2) is 0 Å². The van der Waals surface area contributed by atoms with Crippen LogP contribution in [-0.4, -0.2) is 49.2 Å². The van der Waals surface area contributed by atoms with E-state index in [2.05, 4.69) is 21.2 Å². The summed E-state index contributed by atoms with van der Waals surface area (Å²) in [5.74, 6) is 0.708. The molecule has 0 aromatic heterocycles. The summed E-state index contributed by atoms with van der Waals surface area (Å²) in [6.07, 6.45) is 1.53. The first-order valence-corrected chi connectivity index (χ1v) is 8.97. The van der Waals surface area contributed by atoms with Crippen LogP contribution in [0.2, 0.25) is 0 Å². The highest BCUT2D eigenvalue weighted by Gasteiger charge is 2.24. The second-order valence-corrected chi connectivity index (χ2v) is 6.50. The molecule has 0 saturated carbocycles. The van der Waals surface area contributed by atoms with Gasteiger partial charge < -0.3 is 19.7 Å². The Labute approximate surface area is 150 Å². The van der Waals surface area contributed by atoms with Crippen LogP contribution in [0.15, 0.2) is 28.7 Å². The minimum atomic E-state index is -0.273. The fourth-order valence-electron chi connectivity index (χ4n) is 2.54. The zero-order valence-electron chi connectivity index (χ0n) is 13.8. The molecule has 1 saturated heterocycles. The molecule has 1 heterocycles. The van der Waals surface area contributed by atoms with Gasteiger partial charge in [-0.15, -0.1) is 0 Å². The van der Waals surface area contributed by atoms with E-state index in [1.165, 1.54) is 0 Å². The highest BCUT2D eigenvalue weighted by atomic mass is 79.9. The number of carbonyl (C=O) groups excluding carboxylic acids is 2. The van der Waals surface area contributed by atoms with Crippen LogP contribution in [0, 0.1) is 0 Å². The zero-order chi connectivity index (χ0) is 17.4. The fourth-order valence-corrected chi connectivity index (χ4v) is 2.92. The molecule has 0 radical (unpaired) electrons. The predicted molar refractivity (Wildman–Crippen MR) is 94.0 cm³/mol. The summed E-state index contributed by atoms with van der Waals surface area (Å²) in [5, 5.41) is 3.00. The van der Waals surface area contributed by atoms with Crippen molar-refractivity contribution in [2.24, 2.45) is 0 Å². The third-order valence-corrected chi connectivity index (χ3v) is 4.27. The fraction of sp³-hybridized carbons (Fsp3) is 0.529. The van der Waals surface area contributed by atoms with Crippen LogP contribution in [0.4, 0.5) is 4.79 Å². The van der Waals surface area contributed by atoms with Gasteiger partial charge in [-0.2, -0.15) is 0 Å². The number of likely N-dealkylation sites (tertiary alicyclic amines) is 1. The lowest BCUT2D eigenvalue weighted by Gasteiger charge is -2.31. The van der Waals surface area contributed by atoms with E-state index >= 15 is 0 Å². The first-order valence-electron chi connectivity index (χ1n) is 8.18. The minimum Gasteiger partial charge on any atom is -0.493 e. The molecule has 0 bridgehead atoms. The maximum atomic E-state index is 12.0. The molecule has 1 fully saturated rings. The van der Waals surface area contributed by atoms with Gasteiger partial charge in [0.1, 0.15) is 5.75 Å². The average molecular weight is 399 g/mol. The second-order valence-electron chi connectivity index (χ2n) is 5.58. The molecule has 7 heteroatoms. The predicted octanol–water partition coefficient (Wildman–Crippen LogP) is 2.96. The number of halogens is 1. The van der Waals surface area contributed by atoms with Crippen LogP contribution >= 0.6 is 15.9 Å². The molecule has 0 unspecified atom stereocenters. The van der Waals surface area contributed by atoms with Crippen LogP contribution in [0.5, 0.6) is 5.75 Å². The van der Waals surface area contributed by atoms with Gasteiger partial charge >= 0.3 is 6.09 Å². The van der Waals surface area contributed by atoms with Crippen molar-refractivity contribution in [2.75, 3.05) is 26.3 Å². The molecular formula is C17H23BrN2O4. The number of piperidine rings is 1. The number of hydrogen-bond acceptors (Lipinski definition) is 4. The Morgan fingerprint density at radius 2 is 2.08 bits per heavy atom. The zero-order valence-corrected chi connectivity index (χ0v) is 15.4. The first-order chi connectivity index (χ1) is 11.6. The summed E-state index contributed by atoms with van der Waals surface area (Å²) in [5.41, 5.74) is 0. The van der Waals surface area contributed by atoms with Gasteiger partial charge in [0.2, 0.25) is 5.91 Å². The molecule has 0 spiro atoms. The molecule has 1 aliphatic rings. The van der Waals surface area contributed by atoms with E-state index in [9.17, 15) is 9.59 Å². The molecule has 2 amide bonds. The molecule has 1 N–H and O–H groups in total. The molecule has 2 rings (SSSR count). The van der Waals surface area contributed by atoms with Crippen molar-refractivity contribution in [3.8, 4) is 5.75 Å². The van der Waals surface area contributed by atoms with Gasteiger partial charge in [-0.3, -0.25) is 4.79 Å². The highest BCUT2D eigenvalue weighted by Crippen LogP contribution is 2.18. The average Bonchev–Trinajstić information content (AvgIpc) is 2.56. The Balaban J connectivity index is 1.64. The number of benzene rings is 1. The highest BCUT2D eigenvalue weighted by molar-refractivity contribution is 9.10. The first kappa shape index (κ1) is 18.6. The van der Waals surface area contributed by atoms with Gasteiger partial charge in [-0.25, -0.2) is 4.79 Å². The van der Waals surface area contributed by atoms with E-state index in [-0.39, 0.29) is 18.0 Å². The van der Waals surface area contributed by atoms with E-state index in [4.69, 9.17) is 9.47 Å². The van der Waals surface area contributed by atoms with Gasteiger partial charge in [-0.05, 0) is 38.0 Å². The third-order valence-electron chi connectivity index (χ3n) is 3.78. The standard InChI is InChI=1S/C17H23BrN2O4/c1-2-23-17(22)20-9-6-14(7-10-20)19-16(21)8-11-24-15-5-3-4-13(18)12-15/h3-5,12,14H,2,6-11H2,1H3,(H,19,21). The Morgan fingerprint density at radius 3 is 2.75 bits per heavy atom. The monoisotopic (exact) mass is 398 g/mol. The summed E-state index contributed by atoms with van der Waals surface area (Å²) in [7, 11) is 0. The van der Waals surface area contributed by atoms with E-state index < -0.39 is 0 Å².